The predicted octanol–water partition coefficient (Wildman–Crippen LogP) is 5.08. The molecule has 2 heterocycles. The highest BCUT2D eigenvalue weighted by atomic mass is 32.1. The van der Waals surface area contributed by atoms with Crippen LogP contribution in [0.15, 0.2) is 52.7 Å². The van der Waals surface area contributed by atoms with Crippen LogP contribution in [0.3, 0.4) is 0 Å². The number of carbonyl (C=O) groups is 1. The molecule has 0 amide bonds. The van der Waals surface area contributed by atoms with E-state index in [1.807, 2.05) is 41.8 Å². The second-order valence-corrected chi connectivity index (χ2v) is 7.02. The molecule has 108 valence electrons. The summed E-state index contributed by atoms with van der Waals surface area (Å²) in [6.07, 6.45) is 3.67. The van der Waals surface area contributed by atoms with E-state index in [9.17, 15) is 4.79 Å². The van der Waals surface area contributed by atoms with Crippen LogP contribution >= 0.6 is 22.7 Å². The molecular weight excluding hydrogens is 310 g/mol. The van der Waals surface area contributed by atoms with Crippen molar-refractivity contribution >= 4 is 34.5 Å². The smallest absolute Gasteiger partial charge is 0.189 e. The molecule has 0 saturated heterocycles. The van der Waals surface area contributed by atoms with Crippen LogP contribution in [0.1, 0.15) is 28.0 Å². The number of nitrogens with zero attached hydrogens (tertiary/aromatic N) is 1. The van der Waals surface area contributed by atoms with E-state index in [0.29, 0.717) is 0 Å². The summed E-state index contributed by atoms with van der Waals surface area (Å²) in [5.41, 5.74) is 3.74. The lowest BCUT2D eigenvalue weighted by molar-refractivity contribution is 0.102. The lowest BCUT2D eigenvalue weighted by Gasteiger charge is -2.16. The molecule has 3 aromatic rings. The summed E-state index contributed by atoms with van der Waals surface area (Å²) >= 11 is 3.31. The third kappa shape index (κ3) is 2.45. The Balaban J connectivity index is 1.65. The molecule has 22 heavy (non-hydrogen) atoms. The van der Waals surface area contributed by atoms with Crippen molar-refractivity contribution in [3.63, 3.8) is 0 Å². The molecule has 1 aliphatic carbocycles. The van der Waals surface area contributed by atoms with E-state index in [4.69, 9.17) is 0 Å². The first-order valence-electron chi connectivity index (χ1n) is 7.14. The number of ketones is 1. The van der Waals surface area contributed by atoms with Gasteiger partial charge >= 0.3 is 0 Å². The summed E-state index contributed by atoms with van der Waals surface area (Å²) in [5, 5.41) is 5.09. The number of carbonyl (C=O) groups excluding carboxylic acids is 1. The van der Waals surface area contributed by atoms with Gasteiger partial charge in [0.2, 0.25) is 0 Å². The van der Waals surface area contributed by atoms with Gasteiger partial charge in [-0.3, -0.25) is 4.79 Å². The fourth-order valence-corrected chi connectivity index (χ4v) is 4.29. The number of allylic oxidation sites excluding steroid dienone is 1. The van der Waals surface area contributed by atoms with Gasteiger partial charge in [-0.15, -0.1) is 22.7 Å². The Kier molecular flexibility index (Phi) is 3.48. The Hall–Kier alpha value is -2.04. The summed E-state index contributed by atoms with van der Waals surface area (Å²) < 4.78 is 0. The van der Waals surface area contributed by atoms with Gasteiger partial charge in [0, 0.05) is 16.5 Å². The van der Waals surface area contributed by atoms with Crippen LogP contribution in [0.4, 0.5) is 0 Å². The Morgan fingerprint density at radius 1 is 1.05 bits per heavy atom. The molecule has 1 aliphatic rings. The minimum atomic E-state index is 0.146. The topological polar surface area (TPSA) is 30.0 Å². The first-order valence-corrected chi connectivity index (χ1v) is 8.90. The van der Waals surface area contributed by atoms with Gasteiger partial charge in [0.15, 0.2) is 5.78 Å². The van der Waals surface area contributed by atoms with Crippen LogP contribution in [0.25, 0.3) is 16.0 Å². The van der Waals surface area contributed by atoms with Crippen molar-refractivity contribution in [2.45, 2.75) is 12.8 Å². The minimum absolute atomic E-state index is 0.146. The normalized spacial score (nSPS) is 16.0. The van der Waals surface area contributed by atoms with Crippen LogP contribution in [-0.4, -0.2) is 10.8 Å². The quantitative estimate of drug-likeness (QED) is 0.615. The molecule has 4 heteroatoms. The van der Waals surface area contributed by atoms with Crippen molar-refractivity contribution in [2.75, 3.05) is 0 Å². The molecule has 4 rings (SSSR count). The van der Waals surface area contributed by atoms with E-state index in [-0.39, 0.29) is 5.78 Å². The molecule has 0 saturated carbocycles. The molecule has 0 spiro atoms. The van der Waals surface area contributed by atoms with E-state index >= 15 is 0 Å². The lowest BCUT2D eigenvalue weighted by atomic mass is 9.86. The molecule has 0 N–H and O–H groups in total. The van der Waals surface area contributed by atoms with Crippen LogP contribution in [-0.2, 0) is 6.42 Å². The van der Waals surface area contributed by atoms with E-state index in [2.05, 4.69) is 16.4 Å². The van der Waals surface area contributed by atoms with Crippen molar-refractivity contribution in [2.24, 2.45) is 0 Å². The first-order chi connectivity index (χ1) is 10.8. The van der Waals surface area contributed by atoms with Gasteiger partial charge in [0.05, 0.1) is 10.6 Å². The fourth-order valence-electron chi connectivity index (χ4n) is 2.70. The number of aromatic nitrogens is 1. The zero-order valence-electron chi connectivity index (χ0n) is 11.8. The van der Waals surface area contributed by atoms with E-state index in [1.54, 1.807) is 22.7 Å². The molecule has 0 radical (unpaired) electrons. The SMILES string of the molecule is O=C1/C(=C/c2csc(-c3cccs3)n2)CCc2ccccc21. The molecule has 1 aromatic carbocycles. The highest BCUT2D eigenvalue weighted by Gasteiger charge is 2.21. The lowest BCUT2D eigenvalue weighted by Crippen LogP contribution is -2.13. The summed E-state index contributed by atoms with van der Waals surface area (Å²) in [7, 11) is 0. The number of thiazole rings is 1. The molecule has 0 unspecified atom stereocenters. The third-order valence-electron chi connectivity index (χ3n) is 3.79. The van der Waals surface area contributed by atoms with Gasteiger partial charge in [-0.2, -0.15) is 0 Å². The molecule has 0 aliphatic heterocycles. The predicted molar refractivity (Wildman–Crippen MR) is 92.5 cm³/mol. The van der Waals surface area contributed by atoms with Crippen LogP contribution in [0.2, 0.25) is 0 Å². The maximum atomic E-state index is 12.6. The van der Waals surface area contributed by atoms with Gasteiger partial charge in [-0.25, -0.2) is 4.98 Å². The first kappa shape index (κ1) is 13.6. The average molecular weight is 323 g/mol. The zero-order valence-corrected chi connectivity index (χ0v) is 13.4. The number of hydrogen-bond donors (Lipinski definition) is 0. The van der Waals surface area contributed by atoms with Gasteiger partial charge in [0.1, 0.15) is 5.01 Å². The largest absolute Gasteiger partial charge is 0.289 e. The van der Waals surface area contributed by atoms with Crippen LogP contribution < -0.4 is 0 Å². The van der Waals surface area contributed by atoms with E-state index in [1.165, 1.54) is 4.88 Å². The maximum absolute atomic E-state index is 12.6. The van der Waals surface area contributed by atoms with Crippen molar-refractivity contribution in [1.82, 2.24) is 4.98 Å². The fraction of sp³-hybridized carbons (Fsp3) is 0.111. The van der Waals surface area contributed by atoms with Crippen molar-refractivity contribution in [3.8, 4) is 9.88 Å². The Morgan fingerprint density at radius 2 is 1.95 bits per heavy atom. The maximum Gasteiger partial charge on any atom is 0.189 e. The van der Waals surface area contributed by atoms with Gasteiger partial charge < -0.3 is 0 Å². The van der Waals surface area contributed by atoms with Gasteiger partial charge in [0.25, 0.3) is 0 Å². The Morgan fingerprint density at radius 3 is 2.82 bits per heavy atom. The summed E-state index contributed by atoms with van der Waals surface area (Å²) in [6.45, 7) is 0. The molecule has 0 atom stereocenters. The standard InChI is InChI=1S/C18H13NOS2/c20-17-13(8-7-12-4-1-2-5-15(12)17)10-14-11-22-18(19-14)16-6-3-9-21-16/h1-6,9-11H,7-8H2/b13-10+. The molecule has 0 bridgehead atoms. The van der Waals surface area contributed by atoms with Crippen LogP contribution in [0, 0.1) is 0 Å². The van der Waals surface area contributed by atoms with Gasteiger partial charge in [-0.05, 0) is 35.9 Å². The summed E-state index contributed by atoms with van der Waals surface area (Å²) in [6, 6.07) is 12.0. The zero-order chi connectivity index (χ0) is 14.9. The number of rotatable bonds is 2. The number of hydrogen-bond acceptors (Lipinski definition) is 4. The minimum Gasteiger partial charge on any atom is -0.289 e. The molecular formula is C18H13NOS2. The summed E-state index contributed by atoms with van der Waals surface area (Å²) in [5.74, 6) is 0.146. The number of aryl methyl sites for hydroxylation is 1. The van der Waals surface area contributed by atoms with Gasteiger partial charge in [-0.1, -0.05) is 30.3 Å². The highest BCUT2D eigenvalue weighted by Crippen LogP contribution is 2.30. The monoisotopic (exact) mass is 323 g/mol. The Bertz CT molecular complexity index is 859. The van der Waals surface area contributed by atoms with E-state index < -0.39 is 0 Å². The second kappa shape index (κ2) is 5.63. The number of benzene rings is 1. The Labute approximate surface area is 136 Å². The number of fused-ring (bicyclic) bond motifs is 1. The van der Waals surface area contributed by atoms with Crippen LogP contribution in [0.5, 0.6) is 0 Å². The summed E-state index contributed by atoms with van der Waals surface area (Å²) in [4.78, 5) is 18.4. The second-order valence-electron chi connectivity index (χ2n) is 5.21. The third-order valence-corrected chi connectivity index (χ3v) is 5.69. The number of Topliss-reactive ketones (excluding diaryl/α,β-unsaturated/α-hetero) is 1. The van der Waals surface area contributed by atoms with Crippen molar-refractivity contribution in [3.05, 3.63) is 69.6 Å². The highest BCUT2D eigenvalue weighted by molar-refractivity contribution is 7.20. The van der Waals surface area contributed by atoms with Crippen molar-refractivity contribution in [1.29, 1.82) is 0 Å². The molecule has 0 fully saturated rings. The average Bonchev–Trinajstić information content (AvgIpc) is 3.21. The number of thiophene rings is 1. The van der Waals surface area contributed by atoms with Crippen molar-refractivity contribution < 1.29 is 4.79 Å². The molecule has 2 aromatic heterocycles. The van der Waals surface area contributed by atoms with E-state index in [0.717, 1.165) is 40.2 Å². The molecule has 2 nitrogen and oxygen atoms in total.